The molecule has 17 heavy (non-hydrogen) atoms. The lowest BCUT2D eigenvalue weighted by molar-refractivity contribution is 1.10. The zero-order chi connectivity index (χ0) is 11.8. The molecule has 0 bridgehead atoms. The lowest BCUT2D eigenvalue weighted by Crippen LogP contribution is -1.87. The number of anilines is 1. The van der Waals surface area contributed by atoms with Gasteiger partial charge in [0.25, 0.3) is 0 Å². The first-order valence-corrected chi connectivity index (χ1v) is 5.27. The predicted molar refractivity (Wildman–Crippen MR) is 66.3 cm³/mol. The first kappa shape index (κ1) is 9.77. The molecule has 0 radical (unpaired) electrons. The summed E-state index contributed by atoms with van der Waals surface area (Å²) in [6, 6.07) is 5.90. The number of fused-ring (bicyclic) bond motifs is 1. The average Bonchev–Trinajstić information content (AvgIpc) is 2.70. The van der Waals surface area contributed by atoms with E-state index in [1.807, 2.05) is 25.1 Å². The van der Waals surface area contributed by atoms with Crippen molar-refractivity contribution in [3.05, 3.63) is 36.2 Å². The van der Waals surface area contributed by atoms with Crippen molar-refractivity contribution in [2.24, 2.45) is 0 Å². The summed E-state index contributed by atoms with van der Waals surface area (Å²) in [4.78, 5) is 8.51. The van der Waals surface area contributed by atoms with Crippen LogP contribution in [0.5, 0.6) is 0 Å². The highest BCUT2D eigenvalue weighted by Gasteiger charge is 2.08. The Labute approximate surface area is 97.7 Å². The van der Waals surface area contributed by atoms with E-state index in [0.717, 1.165) is 27.9 Å². The number of aromatic nitrogens is 4. The molecule has 0 aliphatic carbocycles. The first-order chi connectivity index (χ1) is 8.25. The fourth-order valence-electron chi connectivity index (χ4n) is 1.81. The highest BCUT2D eigenvalue weighted by Crippen LogP contribution is 2.25. The van der Waals surface area contributed by atoms with E-state index in [0.29, 0.717) is 5.82 Å². The van der Waals surface area contributed by atoms with Crippen LogP contribution in [-0.4, -0.2) is 20.2 Å². The van der Waals surface area contributed by atoms with Crippen LogP contribution in [0.3, 0.4) is 0 Å². The molecule has 0 saturated carbocycles. The Bertz CT molecular complexity index is 686. The average molecular weight is 225 g/mol. The number of hydrogen-bond acceptors (Lipinski definition) is 4. The normalized spacial score (nSPS) is 10.9. The molecular formula is C12H11N5. The van der Waals surface area contributed by atoms with E-state index in [-0.39, 0.29) is 0 Å². The number of hydrogen-bond donors (Lipinski definition) is 2. The van der Waals surface area contributed by atoms with Crippen molar-refractivity contribution in [3.8, 4) is 11.3 Å². The Morgan fingerprint density at radius 1 is 1.12 bits per heavy atom. The molecule has 0 amide bonds. The highest BCUT2D eigenvalue weighted by molar-refractivity contribution is 5.81. The van der Waals surface area contributed by atoms with Gasteiger partial charge in [-0.2, -0.15) is 5.10 Å². The van der Waals surface area contributed by atoms with E-state index < -0.39 is 0 Å². The third-order valence-corrected chi connectivity index (χ3v) is 2.81. The van der Waals surface area contributed by atoms with Crippen molar-refractivity contribution >= 4 is 16.9 Å². The van der Waals surface area contributed by atoms with Gasteiger partial charge in [-0.1, -0.05) is 6.07 Å². The molecule has 0 fully saturated rings. The molecule has 3 aromatic rings. The molecule has 5 nitrogen and oxygen atoms in total. The molecule has 0 saturated heterocycles. The van der Waals surface area contributed by atoms with Crippen LogP contribution in [0, 0.1) is 6.92 Å². The maximum absolute atomic E-state index is 5.72. The second-order valence-electron chi connectivity index (χ2n) is 3.87. The maximum Gasteiger partial charge on any atom is 0.148 e. The number of nitrogens with two attached hydrogens (primary N) is 1. The molecule has 0 unspecified atom stereocenters. The van der Waals surface area contributed by atoms with Gasteiger partial charge < -0.3 is 5.73 Å². The molecule has 3 rings (SSSR count). The Kier molecular flexibility index (Phi) is 2.04. The van der Waals surface area contributed by atoms with Gasteiger partial charge in [0.2, 0.25) is 0 Å². The molecule has 2 aromatic heterocycles. The number of nitrogens with zero attached hydrogens (tertiary/aromatic N) is 3. The van der Waals surface area contributed by atoms with E-state index in [4.69, 9.17) is 5.73 Å². The molecule has 84 valence electrons. The zero-order valence-electron chi connectivity index (χ0n) is 9.31. The van der Waals surface area contributed by atoms with Crippen LogP contribution < -0.4 is 5.73 Å². The van der Waals surface area contributed by atoms with Crippen molar-refractivity contribution in [2.45, 2.75) is 6.92 Å². The maximum atomic E-state index is 5.72. The van der Waals surface area contributed by atoms with Crippen LogP contribution in [0.15, 0.2) is 30.6 Å². The monoisotopic (exact) mass is 225 g/mol. The van der Waals surface area contributed by atoms with Crippen molar-refractivity contribution < 1.29 is 0 Å². The summed E-state index contributed by atoms with van der Waals surface area (Å²) in [5.74, 6) is 0.527. The number of benzene rings is 1. The Hall–Kier alpha value is -2.43. The summed E-state index contributed by atoms with van der Waals surface area (Å²) >= 11 is 0. The molecule has 5 heteroatoms. The standard InChI is InChI=1S/C12H11N5/c1-7-11(16-17-12(7)13)8-2-3-9-10(6-8)15-5-4-14-9/h2-6H,1H3,(H3,13,16,17). The molecule has 0 spiro atoms. The summed E-state index contributed by atoms with van der Waals surface area (Å²) in [7, 11) is 0. The fraction of sp³-hybridized carbons (Fsp3) is 0.0833. The number of rotatable bonds is 1. The van der Waals surface area contributed by atoms with Gasteiger partial charge in [0.05, 0.1) is 16.7 Å². The molecule has 2 heterocycles. The lowest BCUT2D eigenvalue weighted by Gasteiger charge is -2.01. The van der Waals surface area contributed by atoms with Crippen LogP contribution in [0.4, 0.5) is 5.82 Å². The van der Waals surface area contributed by atoms with Gasteiger partial charge in [0, 0.05) is 23.5 Å². The topological polar surface area (TPSA) is 80.5 Å². The van der Waals surface area contributed by atoms with Crippen molar-refractivity contribution in [1.29, 1.82) is 0 Å². The first-order valence-electron chi connectivity index (χ1n) is 5.27. The number of aromatic amines is 1. The van der Waals surface area contributed by atoms with Crippen molar-refractivity contribution in [3.63, 3.8) is 0 Å². The Balaban J connectivity index is 2.21. The highest BCUT2D eigenvalue weighted by atomic mass is 15.2. The molecule has 0 aliphatic heterocycles. The van der Waals surface area contributed by atoms with E-state index >= 15 is 0 Å². The van der Waals surface area contributed by atoms with Gasteiger partial charge in [-0.3, -0.25) is 15.1 Å². The minimum Gasteiger partial charge on any atom is -0.382 e. The van der Waals surface area contributed by atoms with Crippen LogP contribution in [-0.2, 0) is 0 Å². The van der Waals surface area contributed by atoms with Crippen LogP contribution >= 0.6 is 0 Å². The number of H-pyrrole nitrogens is 1. The SMILES string of the molecule is Cc1c(N)n[nH]c1-c1ccc2nccnc2c1. The van der Waals surface area contributed by atoms with Gasteiger partial charge in [-0.25, -0.2) is 0 Å². The lowest BCUT2D eigenvalue weighted by atomic mass is 10.1. The number of nitrogen functional groups attached to an aromatic ring is 1. The summed E-state index contributed by atoms with van der Waals surface area (Å²) in [5.41, 5.74) is 10.3. The van der Waals surface area contributed by atoms with Gasteiger partial charge in [-0.15, -0.1) is 0 Å². The second-order valence-corrected chi connectivity index (χ2v) is 3.87. The smallest absolute Gasteiger partial charge is 0.148 e. The van der Waals surface area contributed by atoms with Gasteiger partial charge in [-0.05, 0) is 19.1 Å². The van der Waals surface area contributed by atoms with Gasteiger partial charge in [0.1, 0.15) is 5.82 Å². The van der Waals surface area contributed by atoms with Gasteiger partial charge >= 0.3 is 0 Å². The molecule has 0 aliphatic rings. The largest absolute Gasteiger partial charge is 0.382 e. The van der Waals surface area contributed by atoms with E-state index in [1.54, 1.807) is 12.4 Å². The molecule has 0 atom stereocenters. The van der Waals surface area contributed by atoms with E-state index in [1.165, 1.54) is 0 Å². The quantitative estimate of drug-likeness (QED) is 0.663. The summed E-state index contributed by atoms with van der Waals surface area (Å²) < 4.78 is 0. The summed E-state index contributed by atoms with van der Waals surface area (Å²) in [5, 5.41) is 6.92. The third kappa shape index (κ3) is 1.52. The van der Waals surface area contributed by atoms with Crippen molar-refractivity contribution in [2.75, 3.05) is 5.73 Å². The van der Waals surface area contributed by atoms with Gasteiger partial charge in [0.15, 0.2) is 0 Å². The molecule has 1 aromatic carbocycles. The minimum absolute atomic E-state index is 0.527. The van der Waals surface area contributed by atoms with Crippen LogP contribution in [0.1, 0.15) is 5.56 Å². The van der Waals surface area contributed by atoms with E-state index in [9.17, 15) is 0 Å². The number of nitrogens with one attached hydrogen (secondary N) is 1. The zero-order valence-corrected chi connectivity index (χ0v) is 9.31. The third-order valence-electron chi connectivity index (χ3n) is 2.81. The summed E-state index contributed by atoms with van der Waals surface area (Å²) in [6.45, 7) is 1.94. The Morgan fingerprint density at radius 3 is 2.59 bits per heavy atom. The fourth-order valence-corrected chi connectivity index (χ4v) is 1.81. The van der Waals surface area contributed by atoms with Crippen molar-refractivity contribution in [1.82, 2.24) is 20.2 Å². The van der Waals surface area contributed by atoms with Crippen LogP contribution in [0.25, 0.3) is 22.3 Å². The van der Waals surface area contributed by atoms with Crippen LogP contribution in [0.2, 0.25) is 0 Å². The summed E-state index contributed by atoms with van der Waals surface area (Å²) in [6.07, 6.45) is 3.36. The van der Waals surface area contributed by atoms with E-state index in [2.05, 4.69) is 20.2 Å². The Morgan fingerprint density at radius 2 is 1.88 bits per heavy atom. The predicted octanol–water partition coefficient (Wildman–Crippen LogP) is 1.91. The molecule has 3 N–H and O–H groups in total. The second kappa shape index (κ2) is 3.55. The molecular weight excluding hydrogens is 214 g/mol. The minimum atomic E-state index is 0.527.